The van der Waals surface area contributed by atoms with Crippen LogP contribution in [0.1, 0.15) is 5.69 Å². The second kappa shape index (κ2) is 8.17. The SMILES string of the molecule is Cl.ClP(Cc1csc2cncn12)(c1ccccc1)(c1ccccc1)c1ccccc1. The fourth-order valence-electron chi connectivity index (χ4n) is 4.13. The van der Waals surface area contributed by atoms with E-state index >= 15 is 0 Å². The first-order valence-corrected chi connectivity index (χ1v) is 13.7. The molecule has 0 aliphatic carbocycles. The van der Waals surface area contributed by atoms with E-state index in [1.54, 1.807) is 11.3 Å². The Morgan fingerprint density at radius 1 is 0.767 bits per heavy atom. The van der Waals surface area contributed by atoms with Crippen LogP contribution in [-0.2, 0) is 6.16 Å². The monoisotopic (exact) mass is 470 g/mol. The summed E-state index contributed by atoms with van der Waals surface area (Å²) in [4.78, 5) is 5.47. The molecule has 0 amide bonds. The Hall–Kier alpha value is -2.16. The number of benzene rings is 3. The fraction of sp³-hybridized carbons (Fsp3) is 0.0417. The quantitative estimate of drug-likeness (QED) is 0.288. The second-order valence-electron chi connectivity index (χ2n) is 7.18. The van der Waals surface area contributed by atoms with Crippen LogP contribution < -0.4 is 15.9 Å². The number of thiazole rings is 1. The number of aromatic nitrogens is 2. The van der Waals surface area contributed by atoms with Gasteiger partial charge in [0.2, 0.25) is 0 Å². The Morgan fingerprint density at radius 2 is 1.23 bits per heavy atom. The number of hydrogen-bond acceptors (Lipinski definition) is 2. The van der Waals surface area contributed by atoms with E-state index in [0.717, 1.165) is 11.0 Å². The molecule has 6 heteroatoms. The first-order chi connectivity index (χ1) is 14.2. The van der Waals surface area contributed by atoms with Gasteiger partial charge in [0.25, 0.3) is 0 Å². The van der Waals surface area contributed by atoms with E-state index in [0.29, 0.717) is 0 Å². The number of imidazole rings is 1. The van der Waals surface area contributed by atoms with Gasteiger partial charge in [-0.2, -0.15) is 0 Å². The van der Waals surface area contributed by atoms with Crippen molar-refractivity contribution in [1.29, 1.82) is 0 Å². The van der Waals surface area contributed by atoms with Gasteiger partial charge in [0.05, 0.1) is 0 Å². The van der Waals surface area contributed by atoms with E-state index in [1.807, 2.05) is 12.5 Å². The molecule has 152 valence electrons. The molecule has 30 heavy (non-hydrogen) atoms. The van der Waals surface area contributed by atoms with E-state index in [-0.39, 0.29) is 12.4 Å². The molecule has 0 fully saturated rings. The molecule has 0 saturated carbocycles. The van der Waals surface area contributed by atoms with Crippen molar-refractivity contribution >= 4 is 61.7 Å². The third-order valence-corrected chi connectivity index (χ3v) is 13.7. The van der Waals surface area contributed by atoms with Crippen molar-refractivity contribution < 1.29 is 0 Å². The molecule has 5 rings (SSSR count). The van der Waals surface area contributed by atoms with Crippen LogP contribution >= 0.6 is 40.9 Å². The molecule has 0 atom stereocenters. The summed E-state index contributed by atoms with van der Waals surface area (Å²) in [6, 6.07) is 31.8. The Morgan fingerprint density at radius 3 is 1.70 bits per heavy atom. The molecule has 0 saturated heterocycles. The van der Waals surface area contributed by atoms with E-state index in [4.69, 9.17) is 11.2 Å². The molecular weight excluding hydrogens is 450 g/mol. The minimum absolute atomic E-state index is 0. The van der Waals surface area contributed by atoms with Crippen molar-refractivity contribution in [3.63, 3.8) is 0 Å². The molecule has 0 unspecified atom stereocenters. The van der Waals surface area contributed by atoms with Crippen LogP contribution in [0.15, 0.2) is 109 Å². The zero-order valence-corrected chi connectivity index (χ0v) is 19.4. The molecule has 5 aromatic rings. The minimum atomic E-state index is -3.31. The van der Waals surface area contributed by atoms with Crippen LogP contribution in [0.4, 0.5) is 0 Å². The van der Waals surface area contributed by atoms with Crippen molar-refractivity contribution in [1.82, 2.24) is 9.38 Å². The van der Waals surface area contributed by atoms with Crippen molar-refractivity contribution in [3.05, 3.63) is 115 Å². The molecule has 0 radical (unpaired) electrons. The third kappa shape index (κ3) is 3.18. The molecule has 0 spiro atoms. The number of fused-ring (bicyclic) bond motifs is 1. The van der Waals surface area contributed by atoms with Crippen LogP contribution in [0.3, 0.4) is 0 Å². The van der Waals surface area contributed by atoms with Gasteiger partial charge in [-0.05, 0) is 0 Å². The number of rotatable bonds is 5. The molecule has 0 bridgehead atoms. The standard InChI is InChI=1S/C24H20ClN2PS.ClH/c25-28(21-10-4-1-5-11-21,22-12-6-2-7-13-22,23-14-8-3-9-15-23)17-20-18-29-24-16-26-19-27(20)24;/h1-16,18-19H,17H2;1H. The zero-order valence-electron chi connectivity index (χ0n) is 16.1. The maximum atomic E-state index is 8.13. The van der Waals surface area contributed by atoms with Gasteiger partial charge in [0.1, 0.15) is 0 Å². The Kier molecular flexibility index (Phi) is 5.74. The predicted molar refractivity (Wildman–Crippen MR) is 135 cm³/mol. The molecule has 2 heterocycles. The number of hydrogen-bond donors (Lipinski definition) is 0. The van der Waals surface area contributed by atoms with Crippen LogP contribution in [0.5, 0.6) is 0 Å². The molecule has 0 N–H and O–H groups in total. The van der Waals surface area contributed by atoms with E-state index < -0.39 is 5.96 Å². The summed E-state index contributed by atoms with van der Waals surface area (Å²) in [6.45, 7) is 0. The molecule has 2 aromatic heterocycles. The molecule has 0 aliphatic rings. The van der Waals surface area contributed by atoms with Gasteiger partial charge in [-0.15, -0.1) is 12.4 Å². The van der Waals surface area contributed by atoms with Gasteiger partial charge < -0.3 is 0 Å². The summed E-state index contributed by atoms with van der Waals surface area (Å²) in [5.41, 5.74) is 1.19. The Balaban J connectivity index is 0.00000218. The van der Waals surface area contributed by atoms with Gasteiger partial charge in [-0.1, -0.05) is 0 Å². The average molecular weight is 471 g/mol. The summed E-state index contributed by atoms with van der Waals surface area (Å²) in [7, 11) is 0. The molecular formula is C24H21Cl2N2PS. The van der Waals surface area contributed by atoms with Crippen LogP contribution in [0.25, 0.3) is 4.83 Å². The van der Waals surface area contributed by atoms with Gasteiger partial charge in [0, 0.05) is 0 Å². The van der Waals surface area contributed by atoms with Crippen LogP contribution in [-0.4, -0.2) is 9.38 Å². The van der Waals surface area contributed by atoms with E-state index in [9.17, 15) is 0 Å². The molecule has 2 nitrogen and oxygen atoms in total. The fourth-order valence-corrected chi connectivity index (χ4v) is 11.2. The Labute approximate surface area is 191 Å². The van der Waals surface area contributed by atoms with Gasteiger partial charge in [-0.25, -0.2) is 0 Å². The molecule has 3 aromatic carbocycles. The summed E-state index contributed by atoms with van der Waals surface area (Å²) in [5, 5.41) is 5.75. The van der Waals surface area contributed by atoms with Crippen LogP contribution in [0.2, 0.25) is 0 Å². The van der Waals surface area contributed by atoms with Crippen molar-refractivity contribution in [2.24, 2.45) is 0 Å². The first kappa shape index (κ1) is 21.1. The second-order valence-corrected chi connectivity index (χ2v) is 14.5. The topological polar surface area (TPSA) is 17.3 Å². The summed E-state index contributed by atoms with van der Waals surface area (Å²) in [5.74, 6) is -3.31. The summed E-state index contributed by atoms with van der Waals surface area (Å²) < 4.78 is 2.17. The summed E-state index contributed by atoms with van der Waals surface area (Å²) in [6.07, 6.45) is 4.52. The Bertz CT molecular complexity index is 1150. The number of halogens is 2. The van der Waals surface area contributed by atoms with Gasteiger partial charge in [0.15, 0.2) is 0 Å². The van der Waals surface area contributed by atoms with E-state index in [2.05, 4.69) is 106 Å². The zero-order chi connectivity index (χ0) is 19.8. The number of nitrogens with zero attached hydrogens (tertiary/aromatic N) is 2. The third-order valence-electron chi connectivity index (χ3n) is 5.57. The van der Waals surface area contributed by atoms with Crippen LogP contribution in [0, 0.1) is 0 Å². The van der Waals surface area contributed by atoms with Crippen molar-refractivity contribution in [2.75, 3.05) is 0 Å². The van der Waals surface area contributed by atoms with Gasteiger partial charge in [-0.3, -0.25) is 0 Å². The first-order valence-electron chi connectivity index (χ1n) is 9.48. The van der Waals surface area contributed by atoms with Crippen molar-refractivity contribution in [2.45, 2.75) is 6.16 Å². The predicted octanol–water partition coefficient (Wildman–Crippen LogP) is 6.00. The normalized spacial score (nSPS) is 12.8. The van der Waals surface area contributed by atoms with Gasteiger partial charge >= 0.3 is 179 Å². The van der Waals surface area contributed by atoms with E-state index in [1.165, 1.54) is 21.6 Å². The maximum absolute atomic E-state index is 8.13. The van der Waals surface area contributed by atoms with Crippen molar-refractivity contribution in [3.8, 4) is 0 Å². The molecule has 0 aliphatic heterocycles. The summed E-state index contributed by atoms with van der Waals surface area (Å²) >= 11 is 9.84. The average Bonchev–Trinajstić information content (AvgIpc) is 3.41.